The number of hydrogen-bond donors (Lipinski definition) is 3. The Bertz CT molecular complexity index is 782. The van der Waals surface area contributed by atoms with Crippen molar-refractivity contribution in [3.8, 4) is 0 Å². The number of nitrogens with one attached hydrogen (secondary N) is 1. The van der Waals surface area contributed by atoms with Crippen molar-refractivity contribution in [2.24, 2.45) is 0 Å². The summed E-state index contributed by atoms with van der Waals surface area (Å²) in [6, 6.07) is 10.3. The lowest BCUT2D eigenvalue weighted by molar-refractivity contribution is -0.385. The van der Waals surface area contributed by atoms with E-state index in [2.05, 4.69) is 10.2 Å². The smallest absolute Gasteiger partial charge is 0.274 e. The van der Waals surface area contributed by atoms with Crippen molar-refractivity contribution in [3.05, 3.63) is 58.3 Å². The number of nitrogens with two attached hydrogens (primary N) is 2. The van der Waals surface area contributed by atoms with E-state index in [1.165, 1.54) is 6.07 Å². The van der Waals surface area contributed by atoms with Gasteiger partial charge in [-0.05, 0) is 25.1 Å². The molecular weight excluding hydrogens is 270 g/mol. The number of hydrogen-bond acceptors (Lipinski definition) is 5. The molecule has 0 spiro atoms. The first-order chi connectivity index (χ1) is 10.0. The van der Waals surface area contributed by atoms with Gasteiger partial charge in [0.25, 0.3) is 5.69 Å². The molecule has 0 saturated carbocycles. The summed E-state index contributed by atoms with van der Waals surface area (Å²) in [5.41, 5.74) is 13.9. The molecule has 0 atom stereocenters. The second-order valence-electron chi connectivity index (χ2n) is 4.43. The maximum Gasteiger partial charge on any atom is 0.274 e. The molecule has 3 rings (SSSR count). The zero-order valence-electron chi connectivity index (χ0n) is 11.4. The molecular formula is C14H15N5O2. The van der Waals surface area contributed by atoms with E-state index in [1.54, 1.807) is 25.3 Å². The average molecular weight is 285 g/mol. The Hall–Kier alpha value is -3.09. The molecule has 108 valence electrons. The van der Waals surface area contributed by atoms with E-state index in [0.717, 1.165) is 16.6 Å². The third kappa shape index (κ3) is 3.08. The largest absolute Gasteiger partial charge is 0.398 e. The zero-order valence-corrected chi connectivity index (χ0v) is 11.4. The Balaban J connectivity index is 0.000000154. The van der Waals surface area contributed by atoms with E-state index in [-0.39, 0.29) is 5.69 Å². The number of nitrogens with zero attached hydrogens (tertiary/aromatic N) is 2. The summed E-state index contributed by atoms with van der Waals surface area (Å²) in [6.45, 7) is 1.63. The maximum absolute atomic E-state index is 10.3. The van der Waals surface area contributed by atoms with Crippen molar-refractivity contribution in [1.82, 2.24) is 10.2 Å². The van der Waals surface area contributed by atoms with Crippen LogP contribution in [0.3, 0.4) is 0 Å². The van der Waals surface area contributed by atoms with Gasteiger partial charge in [-0.3, -0.25) is 15.2 Å². The molecule has 1 aromatic heterocycles. The number of H-pyrrole nitrogens is 1. The number of aromatic amines is 1. The summed E-state index contributed by atoms with van der Waals surface area (Å²) in [5, 5.41) is 18.0. The Morgan fingerprint density at radius 2 is 1.81 bits per heavy atom. The van der Waals surface area contributed by atoms with Gasteiger partial charge < -0.3 is 11.5 Å². The van der Waals surface area contributed by atoms with Gasteiger partial charge in [-0.15, -0.1) is 0 Å². The van der Waals surface area contributed by atoms with Crippen LogP contribution in [0.5, 0.6) is 0 Å². The number of benzene rings is 2. The van der Waals surface area contributed by atoms with Gasteiger partial charge >= 0.3 is 0 Å². The fourth-order valence-corrected chi connectivity index (χ4v) is 1.83. The topological polar surface area (TPSA) is 124 Å². The van der Waals surface area contributed by atoms with Crippen molar-refractivity contribution >= 4 is 28.0 Å². The molecule has 0 radical (unpaired) electrons. The molecule has 7 nitrogen and oxygen atoms in total. The van der Waals surface area contributed by atoms with E-state index in [9.17, 15) is 10.1 Å². The molecule has 1 heterocycles. The number of fused-ring (bicyclic) bond motifs is 1. The first-order valence-electron chi connectivity index (χ1n) is 6.17. The Morgan fingerprint density at radius 3 is 2.43 bits per heavy atom. The number of aromatic nitrogens is 2. The zero-order chi connectivity index (χ0) is 15.4. The van der Waals surface area contributed by atoms with Crippen LogP contribution in [0.15, 0.2) is 42.6 Å². The molecule has 7 heteroatoms. The third-order valence-electron chi connectivity index (χ3n) is 3.06. The van der Waals surface area contributed by atoms with Gasteiger partial charge in [-0.1, -0.05) is 12.1 Å². The van der Waals surface area contributed by atoms with E-state index >= 15 is 0 Å². The number of nitro benzene ring substituents is 1. The highest BCUT2D eigenvalue weighted by Crippen LogP contribution is 2.21. The molecule has 0 bridgehead atoms. The van der Waals surface area contributed by atoms with Crippen molar-refractivity contribution in [1.29, 1.82) is 0 Å². The third-order valence-corrected chi connectivity index (χ3v) is 3.06. The molecule has 0 unspecified atom stereocenters. The van der Waals surface area contributed by atoms with E-state index in [0.29, 0.717) is 11.3 Å². The summed E-state index contributed by atoms with van der Waals surface area (Å²) in [7, 11) is 0. The van der Waals surface area contributed by atoms with E-state index < -0.39 is 4.92 Å². The quantitative estimate of drug-likeness (QED) is 0.360. The SMILES string of the molecule is Cc1c(N)cccc1[N+](=O)[O-].Nc1cccc2[nH]ncc12. The second kappa shape index (κ2) is 5.91. The lowest BCUT2D eigenvalue weighted by Crippen LogP contribution is -1.95. The van der Waals surface area contributed by atoms with Gasteiger partial charge in [0, 0.05) is 28.4 Å². The standard InChI is InChI=1S/C7H7N3.C7H8N2O2/c8-6-2-1-3-7-5(6)4-9-10-7;1-5-6(8)3-2-4-7(5)9(10)11/h1-4H,8H2,(H,9,10);2-4H,8H2,1H3. The highest BCUT2D eigenvalue weighted by atomic mass is 16.6. The van der Waals surface area contributed by atoms with Crippen molar-refractivity contribution in [2.45, 2.75) is 6.92 Å². The van der Waals surface area contributed by atoms with Crippen LogP contribution in [0.4, 0.5) is 17.1 Å². The van der Waals surface area contributed by atoms with Crippen LogP contribution in [0.2, 0.25) is 0 Å². The second-order valence-corrected chi connectivity index (χ2v) is 4.43. The number of rotatable bonds is 1. The van der Waals surface area contributed by atoms with Crippen LogP contribution in [-0.4, -0.2) is 15.1 Å². The summed E-state index contributed by atoms with van der Waals surface area (Å²) in [6.07, 6.45) is 1.73. The van der Waals surface area contributed by atoms with Crippen LogP contribution in [0.25, 0.3) is 10.9 Å². The predicted octanol–water partition coefficient (Wildman–Crippen LogP) is 2.63. The molecule has 0 aliphatic carbocycles. The lowest BCUT2D eigenvalue weighted by Gasteiger charge is -1.98. The van der Waals surface area contributed by atoms with Crippen molar-refractivity contribution in [3.63, 3.8) is 0 Å². The van der Waals surface area contributed by atoms with Crippen LogP contribution in [0, 0.1) is 17.0 Å². The average Bonchev–Trinajstić information content (AvgIpc) is 2.92. The van der Waals surface area contributed by atoms with Gasteiger partial charge in [-0.25, -0.2) is 0 Å². The molecule has 2 aromatic carbocycles. The maximum atomic E-state index is 10.3. The minimum atomic E-state index is -0.439. The number of nitrogen functional groups attached to an aromatic ring is 2. The van der Waals surface area contributed by atoms with Gasteiger partial charge in [0.15, 0.2) is 0 Å². The number of anilines is 2. The summed E-state index contributed by atoms with van der Waals surface area (Å²) in [5.74, 6) is 0. The molecule has 0 amide bonds. The Labute approximate surface area is 120 Å². The minimum absolute atomic E-state index is 0.0741. The Kier molecular flexibility index (Phi) is 4.03. The molecule has 0 fully saturated rings. The van der Waals surface area contributed by atoms with Gasteiger partial charge in [0.05, 0.1) is 16.6 Å². The minimum Gasteiger partial charge on any atom is -0.398 e. The molecule has 0 aliphatic rings. The van der Waals surface area contributed by atoms with Crippen LogP contribution < -0.4 is 11.5 Å². The van der Waals surface area contributed by atoms with Gasteiger partial charge in [-0.2, -0.15) is 5.10 Å². The van der Waals surface area contributed by atoms with Gasteiger partial charge in [0.2, 0.25) is 0 Å². The normalized spacial score (nSPS) is 9.95. The van der Waals surface area contributed by atoms with Crippen LogP contribution >= 0.6 is 0 Å². The van der Waals surface area contributed by atoms with Crippen LogP contribution in [-0.2, 0) is 0 Å². The highest BCUT2D eigenvalue weighted by molar-refractivity contribution is 5.89. The summed E-state index contributed by atoms with van der Waals surface area (Å²) < 4.78 is 0. The molecule has 0 aliphatic heterocycles. The van der Waals surface area contributed by atoms with E-state index in [4.69, 9.17) is 11.5 Å². The number of nitro groups is 1. The van der Waals surface area contributed by atoms with Crippen LogP contribution in [0.1, 0.15) is 5.56 Å². The molecule has 3 aromatic rings. The fraction of sp³-hybridized carbons (Fsp3) is 0.0714. The monoisotopic (exact) mass is 285 g/mol. The molecule has 5 N–H and O–H groups in total. The van der Waals surface area contributed by atoms with Crippen molar-refractivity contribution < 1.29 is 4.92 Å². The lowest BCUT2D eigenvalue weighted by atomic mass is 10.2. The first kappa shape index (κ1) is 14.3. The Morgan fingerprint density at radius 1 is 1.14 bits per heavy atom. The van der Waals surface area contributed by atoms with Gasteiger partial charge in [0.1, 0.15) is 0 Å². The molecule has 0 saturated heterocycles. The first-order valence-corrected chi connectivity index (χ1v) is 6.17. The fourth-order valence-electron chi connectivity index (χ4n) is 1.83. The summed E-state index contributed by atoms with van der Waals surface area (Å²) >= 11 is 0. The van der Waals surface area contributed by atoms with Crippen molar-refractivity contribution in [2.75, 3.05) is 11.5 Å². The highest BCUT2D eigenvalue weighted by Gasteiger charge is 2.10. The summed E-state index contributed by atoms with van der Waals surface area (Å²) in [4.78, 5) is 9.89. The predicted molar refractivity (Wildman–Crippen MR) is 82.8 cm³/mol. The van der Waals surface area contributed by atoms with E-state index in [1.807, 2.05) is 18.2 Å². The molecule has 21 heavy (non-hydrogen) atoms.